The lowest BCUT2D eigenvalue weighted by Gasteiger charge is -2.00. The van der Waals surface area contributed by atoms with E-state index in [9.17, 15) is 19.3 Å². The molecule has 0 aliphatic rings. The van der Waals surface area contributed by atoms with Gasteiger partial charge in [0, 0.05) is 6.07 Å². The number of amides is 1. The zero-order valence-electron chi connectivity index (χ0n) is 7.31. The minimum atomic E-state index is -1.30. The third kappa shape index (κ3) is 2.90. The predicted molar refractivity (Wildman–Crippen MR) is 47.6 cm³/mol. The molecule has 1 amide bonds. The summed E-state index contributed by atoms with van der Waals surface area (Å²) in [5.41, 5.74) is -0.499. The lowest BCUT2D eigenvalue weighted by molar-refractivity contribution is -0.387. The van der Waals surface area contributed by atoms with Gasteiger partial charge in [0.1, 0.15) is 0 Å². The molecule has 0 bridgehead atoms. The van der Waals surface area contributed by atoms with Crippen LogP contribution in [0, 0.1) is 22.5 Å². The van der Waals surface area contributed by atoms with Gasteiger partial charge in [-0.15, -0.1) is 0 Å². The maximum atomic E-state index is 12.8. The molecule has 2 N–H and O–H groups in total. The van der Waals surface area contributed by atoms with Crippen LogP contribution in [0.15, 0.2) is 18.2 Å². The van der Waals surface area contributed by atoms with Crippen LogP contribution in [0.4, 0.5) is 14.9 Å². The van der Waals surface area contributed by atoms with Crippen molar-refractivity contribution in [1.29, 1.82) is 0 Å². The van der Waals surface area contributed by atoms with Gasteiger partial charge in [-0.25, -0.2) is 4.79 Å². The number of halogens is 1. The van der Waals surface area contributed by atoms with Gasteiger partial charge in [0.05, 0.1) is 11.5 Å². The number of rotatable bonds is 3. The average Bonchev–Trinajstić information content (AvgIpc) is 2.16. The summed E-state index contributed by atoms with van der Waals surface area (Å²) >= 11 is 0. The van der Waals surface area contributed by atoms with Gasteiger partial charge >= 0.3 is 11.8 Å². The molecule has 15 heavy (non-hydrogen) atoms. The Morgan fingerprint density at radius 3 is 2.80 bits per heavy atom. The number of hydrogen-bond acceptors (Lipinski definition) is 3. The Morgan fingerprint density at radius 2 is 2.27 bits per heavy atom. The molecule has 1 aromatic rings. The van der Waals surface area contributed by atoms with Crippen molar-refractivity contribution in [3.8, 4) is 0 Å². The first kappa shape index (κ1) is 10.9. The van der Waals surface area contributed by atoms with E-state index in [1.165, 1.54) is 6.07 Å². The fourth-order valence-electron chi connectivity index (χ4n) is 0.904. The number of nitrogens with one attached hydrogen (secondary N) is 1. The second kappa shape index (κ2) is 4.36. The summed E-state index contributed by atoms with van der Waals surface area (Å²) in [6.45, 7) is 1.02. The summed E-state index contributed by atoms with van der Waals surface area (Å²) in [5, 5.41) is 20.5. The number of carboxylic acid groups (broad SMARTS) is 1. The van der Waals surface area contributed by atoms with E-state index in [1.54, 1.807) is 0 Å². The van der Waals surface area contributed by atoms with E-state index < -0.39 is 22.5 Å². The fraction of sp³-hybridized carbons (Fsp3) is 0. The normalized spacial score (nSPS) is 9.67. The third-order valence-corrected chi connectivity index (χ3v) is 1.53. The predicted octanol–water partition coefficient (Wildman–Crippen LogP) is 1.51. The molecular formula is C8H6FN2O4. The summed E-state index contributed by atoms with van der Waals surface area (Å²) in [6.07, 6.45) is -1.30. The molecule has 7 heteroatoms. The van der Waals surface area contributed by atoms with Gasteiger partial charge in [0.2, 0.25) is 5.82 Å². The van der Waals surface area contributed by atoms with Gasteiger partial charge in [0.25, 0.3) is 0 Å². The number of carbonyl (C=O) groups is 1. The largest absolute Gasteiger partial charge is 0.465 e. The summed E-state index contributed by atoms with van der Waals surface area (Å²) in [6, 6.07) is 3.05. The molecule has 0 aliphatic heterocycles. The molecule has 1 aromatic carbocycles. The van der Waals surface area contributed by atoms with Crippen molar-refractivity contribution >= 4 is 11.8 Å². The summed E-state index contributed by atoms with van der Waals surface area (Å²) in [7, 11) is 0. The maximum absolute atomic E-state index is 12.8. The summed E-state index contributed by atoms with van der Waals surface area (Å²) < 4.78 is 12.8. The first-order valence-electron chi connectivity index (χ1n) is 3.77. The Labute approximate surface area is 83.5 Å². The minimum Gasteiger partial charge on any atom is -0.465 e. The van der Waals surface area contributed by atoms with Crippen molar-refractivity contribution in [3.63, 3.8) is 0 Å². The van der Waals surface area contributed by atoms with Crippen molar-refractivity contribution < 1.29 is 19.2 Å². The van der Waals surface area contributed by atoms with E-state index in [0.29, 0.717) is 0 Å². The zero-order chi connectivity index (χ0) is 11.4. The number of nitro groups is 1. The van der Waals surface area contributed by atoms with Gasteiger partial charge in [-0.3, -0.25) is 10.1 Å². The average molecular weight is 213 g/mol. The molecule has 6 nitrogen and oxygen atoms in total. The topological polar surface area (TPSA) is 92.5 Å². The molecule has 0 unspecified atom stereocenters. The van der Waals surface area contributed by atoms with E-state index in [2.05, 4.69) is 0 Å². The molecule has 0 saturated heterocycles. The van der Waals surface area contributed by atoms with E-state index in [1.807, 2.05) is 5.32 Å². The molecule has 0 atom stereocenters. The first-order chi connectivity index (χ1) is 7.00. The van der Waals surface area contributed by atoms with Crippen LogP contribution in [0.25, 0.3) is 0 Å². The molecule has 0 aromatic heterocycles. The van der Waals surface area contributed by atoms with Crippen LogP contribution in [-0.4, -0.2) is 16.1 Å². The highest BCUT2D eigenvalue weighted by Crippen LogP contribution is 2.18. The Hall–Kier alpha value is -2.18. The first-order valence-corrected chi connectivity index (χ1v) is 3.77. The Bertz CT molecular complexity index is 408. The van der Waals surface area contributed by atoms with Gasteiger partial charge in [-0.05, 0) is 11.6 Å². The lowest BCUT2D eigenvalue weighted by atomic mass is 10.2. The molecule has 0 fully saturated rings. The quantitative estimate of drug-likeness (QED) is 0.587. The molecule has 0 spiro atoms. The fourth-order valence-corrected chi connectivity index (χ4v) is 0.904. The highest BCUT2D eigenvalue weighted by molar-refractivity contribution is 5.66. The van der Waals surface area contributed by atoms with Gasteiger partial charge in [-0.1, -0.05) is 6.07 Å². The van der Waals surface area contributed by atoms with Crippen LogP contribution < -0.4 is 5.32 Å². The van der Waals surface area contributed by atoms with Crippen LogP contribution in [0.2, 0.25) is 0 Å². The van der Waals surface area contributed by atoms with Crippen molar-refractivity contribution in [1.82, 2.24) is 5.32 Å². The lowest BCUT2D eigenvalue weighted by Crippen LogP contribution is -2.17. The minimum absolute atomic E-state index is 0.200. The van der Waals surface area contributed by atoms with Crippen LogP contribution >= 0.6 is 0 Å². The highest BCUT2D eigenvalue weighted by atomic mass is 19.1. The standard InChI is InChI=1S/C8H6FN2O4/c9-6-2-1-5(4-10-8(12)13)3-7(6)11(14)15/h1-4,10H,(H,12,13). The van der Waals surface area contributed by atoms with Gasteiger partial charge < -0.3 is 10.4 Å². The van der Waals surface area contributed by atoms with Crippen molar-refractivity contribution in [3.05, 3.63) is 46.2 Å². The van der Waals surface area contributed by atoms with E-state index >= 15 is 0 Å². The van der Waals surface area contributed by atoms with E-state index in [-0.39, 0.29) is 5.56 Å². The zero-order valence-corrected chi connectivity index (χ0v) is 7.31. The molecular weight excluding hydrogens is 207 g/mol. The molecule has 0 heterocycles. The summed E-state index contributed by atoms with van der Waals surface area (Å²) in [4.78, 5) is 19.6. The maximum Gasteiger partial charge on any atom is 0.405 e. The Kier molecular flexibility index (Phi) is 3.17. The number of nitro benzene ring substituents is 1. The number of nitrogens with zero attached hydrogens (tertiary/aromatic N) is 1. The van der Waals surface area contributed by atoms with E-state index in [4.69, 9.17) is 5.11 Å². The van der Waals surface area contributed by atoms with Crippen molar-refractivity contribution in [2.45, 2.75) is 0 Å². The third-order valence-electron chi connectivity index (χ3n) is 1.53. The Balaban J connectivity index is 2.87. The van der Waals surface area contributed by atoms with Crippen LogP contribution in [0.1, 0.15) is 5.56 Å². The van der Waals surface area contributed by atoms with Crippen LogP contribution in [0.3, 0.4) is 0 Å². The molecule has 1 rings (SSSR count). The van der Waals surface area contributed by atoms with Gasteiger partial charge in [0.15, 0.2) is 0 Å². The second-order valence-corrected chi connectivity index (χ2v) is 2.56. The Morgan fingerprint density at radius 1 is 1.60 bits per heavy atom. The van der Waals surface area contributed by atoms with Crippen molar-refractivity contribution in [2.75, 3.05) is 0 Å². The monoisotopic (exact) mass is 213 g/mol. The van der Waals surface area contributed by atoms with Crippen LogP contribution in [-0.2, 0) is 0 Å². The van der Waals surface area contributed by atoms with Crippen LogP contribution in [0.5, 0.6) is 0 Å². The molecule has 1 radical (unpaired) electrons. The summed E-state index contributed by atoms with van der Waals surface area (Å²) in [5.74, 6) is -0.965. The van der Waals surface area contributed by atoms with Crippen molar-refractivity contribution in [2.24, 2.45) is 0 Å². The SMILES string of the molecule is O=C(O)N[CH]c1ccc(F)c([N+](=O)[O-])c1. The number of hydrogen-bond donors (Lipinski definition) is 2. The van der Waals surface area contributed by atoms with E-state index in [0.717, 1.165) is 18.7 Å². The number of benzene rings is 1. The second-order valence-electron chi connectivity index (χ2n) is 2.56. The molecule has 0 saturated carbocycles. The smallest absolute Gasteiger partial charge is 0.405 e. The van der Waals surface area contributed by atoms with Gasteiger partial charge in [-0.2, -0.15) is 4.39 Å². The highest BCUT2D eigenvalue weighted by Gasteiger charge is 2.14. The molecule has 79 valence electrons. The molecule has 0 aliphatic carbocycles.